The Hall–Kier alpha value is -1.39. The van der Waals surface area contributed by atoms with Gasteiger partial charge in [-0.15, -0.1) is 0 Å². The number of hydrogen-bond donors (Lipinski definition) is 2. The van der Waals surface area contributed by atoms with Crippen LogP contribution in [0.2, 0.25) is 0 Å². The van der Waals surface area contributed by atoms with Crippen LogP contribution in [0.25, 0.3) is 0 Å². The normalized spacial score (nSPS) is 27.8. The molecule has 2 N–H and O–H groups in total. The molecule has 18 heavy (non-hydrogen) atoms. The van der Waals surface area contributed by atoms with Gasteiger partial charge in [-0.2, -0.15) is 0 Å². The van der Waals surface area contributed by atoms with Crippen LogP contribution in [0.1, 0.15) is 31.2 Å². The zero-order valence-electron chi connectivity index (χ0n) is 10.2. The highest BCUT2D eigenvalue weighted by atomic mass is 16.5. The molecule has 0 aliphatic heterocycles. The highest BCUT2D eigenvalue weighted by Gasteiger charge is 2.41. The number of rotatable bonds is 3. The molecule has 4 nitrogen and oxygen atoms in total. The summed E-state index contributed by atoms with van der Waals surface area (Å²) in [6.45, 7) is 0.151. The van der Waals surface area contributed by atoms with E-state index in [-0.39, 0.29) is 13.0 Å². The van der Waals surface area contributed by atoms with Crippen molar-refractivity contribution in [1.29, 1.82) is 0 Å². The van der Waals surface area contributed by atoms with E-state index in [1.54, 1.807) is 0 Å². The number of carbonyl (C=O) groups is 1. The smallest absolute Gasteiger partial charge is 0.338 e. The molecule has 1 aromatic rings. The first-order valence-electron chi connectivity index (χ1n) is 6.22. The molecule has 0 aromatic heterocycles. The van der Waals surface area contributed by atoms with Crippen LogP contribution in [0.4, 0.5) is 0 Å². The number of aliphatic hydroxyl groups excluding tert-OH is 1. The quantitative estimate of drug-likeness (QED) is 0.796. The van der Waals surface area contributed by atoms with E-state index in [0.29, 0.717) is 19.3 Å². The SMILES string of the molecule is O=C(OCc1ccccc1)[C@@]1(O)CCC[C@H](O)C1. The molecular weight excluding hydrogens is 232 g/mol. The molecule has 1 aromatic carbocycles. The first-order valence-corrected chi connectivity index (χ1v) is 6.22. The van der Waals surface area contributed by atoms with E-state index in [0.717, 1.165) is 5.56 Å². The molecule has 1 saturated carbocycles. The number of carbonyl (C=O) groups excluding carboxylic acids is 1. The van der Waals surface area contributed by atoms with Gasteiger partial charge in [0.2, 0.25) is 0 Å². The first kappa shape index (κ1) is 13.1. The maximum Gasteiger partial charge on any atom is 0.338 e. The maximum absolute atomic E-state index is 11.9. The minimum atomic E-state index is -1.52. The predicted octanol–water partition coefficient (Wildman–Crippen LogP) is 1.40. The summed E-state index contributed by atoms with van der Waals surface area (Å²) in [5.74, 6) is -0.634. The van der Waals surface area contributed by atoms with Crippen molar-refractivity contribution in [3.63, 3.8) is 0 Å². The number of benzene rings is 1. The minimum Gasteiger partial charge on any atom is -0.459 e. The Balaban J connectivity index is 1.91. The van der Waals surface area contributed by atoms with Crippen molar-refractivity contribution in [3.8, 4) is 0 Å². The van der Waals surface area contributed by atoms with Crippen LogP contribution in [0.15, 0.2) is 30.3 Å². The van der Waals surface area contributed by atoms with Crippen LogP contribution in [-0.4, -0.2) is 27.9 Å². The van der Waals surface area contributed by atoms with Gasteiger partial charge >= 0.3 is 5.97 Å². The number of hydrogen-bond acceptors (Lipinski definition) is 4. The zero-order chi connectivity index (χ0) is 13.0. The van der Waals surface area contributed by atoms with Gasteiger partial charge in [0.15, 0.2) is 5.60 Å². The molecule has 2 rings (SSSR count). The molecule has 1 fully saturated rings. The van der Waals surface area contributed by atoms with Crippen molar-refractivity contribution >= 4 is 5.97 Å². The summed E-state index contributed by atoms with van der Waals surface area (Å²) in [6, 6.07) is 9.32. The van der Waals surface area contributed by atoms with E-state index in [9.17, 15) is 15.0 Å². The lowest BCUT2D eigenvalue weighted by Crippen LogP contribution is -2.45. The summed E-state index contributed by atoms with van der Waals surface area (Å²) in [4.78, 5) is 11.9. The van der Waals surface area contributed by atoms with Crippen LogP contribution in [0.5, 0.6) is 0 Å². The Kier molecular flexibility index (Phi) is 3.99. The third-order valence-corrected chi connectivity index (χ3v) is 3.29. The fraction of sp³-hybridized carbons (Fsp3) is 0.500. The topological polar surface area (TPSA) is 66.8 Å². The summed E-state index contributed by atoms with van der Waals surface area (Å²) in [5, 5.41) is 19.7. The van der Waals surface area contributed by atoms with Crippen LogP contribution >= 0.6 is 0 Å². The van der Waals surface area contributed by atoms with Crippen molar-refractivity contribution in [2.45, 2.75) is 44.0 Å². The van der Waals surface area contributed by atoms with E-state index in [1.807, 2.05) is 30.3 Å². The van der Waals surface area contributed by atoms with Crippen LogP contribution in [0.3, 0.4) is 0 Å². The second-order valence-electron chi connectivity index (χ2n) is 4.84. The van der Waals surface area contributed by atoms with Crippen molar-refractivity contribution in [3.05, 3.63) is 35.9 Å². The first-order chi connectivity index (χ1) is 8.60. The van der Waals surface area contributed by atoms with E-state index in [4.69, 9.17) is 4.74 Å². The molecule has 0 radical (unpaired) electrons. The van der Waals surface area contributed by atoms with Gasteiger partial charge in [0, 0.05) is 6.42 Å². The van der Waals surface area contributed by atoms with Gasteiger partial charge in [0.25, 0.3) is 0 Å². The summed E-state index contributed by atoms with van der Waals surface area (Å²) < 4.78 is 5.12. The average molecular weight is 250 g/mol. The van der Waals surface area contributed by atoms with Crippen LogP contribution in [-0.2, 0) is 16.1 Å². The third kappa shape index (κ3) is 3.09. The summed E-state index contributed by atoms with van der Waals surface area (Å²) >= 11 is 0. The van der Waals surface area contributed by atoms with Crippen LogP contribution in [0, 0.1) is 0 Å². The molecule has 2 atom stereocenters. The summed E-state index contributed by atoms with van der Waals surface area (Å²) in [7, 11) is 0. The minimum absolute atomic E-state index is 0.0701. The Morgan fingerprint density at radius 2 is 2.11 bits per heavy atom. The number of esters is 1. The van der Waals surface area contributed by atoms with Gasteiger partial charge in [0.05, 0.1) is 6.10 Å². The second-order valence-corrected chi connectivity index (χ2v) is 4.84. The predicted molar refractivity (Wildman–Crippen MR) is 65.7 cm³/mol. The molecule has 1 aliphatic carbocycles. The summed E-state index contributed by atoms with van der Waals surface area (Å²) in [6.07, 6.45) is 1.08. The zero-order valence-corrected chi connectivity index (χ0v) is 10.2. The lowest BCUT2D eigenvalue weighted by Gasteiger charge is -2.32. The van der Waals surface area contributed by atoms with Crippen LogP contribution < -0.4 is 0 Å². The summed E-state index contributed by atoms with van der Waals surface area (Å²) in [5.41, 5.74) is -0.641. The highest BCUT2D eigenvalue weighted by molar-refractivity contribution is 5.79. The van der Waals surface area contributed by atoms with Crippen molar-refractivity contribution in [2.75, 3.05) is 0 Å². The van der Waals surface area contributed by atoms with Crippen molar-refractivity contribution in [1.82, 2.24) is 0 Å². The molecule has 0 spiro atoms. The van der Waals surface area contributed by atoms with Crippen molar-refractivity contribution in [2.24, 2.45) is 0 Å². The van der Waals surface area contributed by atoms with E-state index < -0.39 is 17.7 Å². The number of aliphatic hydroxyl groups is 2. The Morgan fingerprint density at radius 1 is 1.39 bits per heavy atom. The molecular formula is C14H18O4. The third-order valence-electron chi connectivity index (χ3n) is 3.29. The average Bonchev–Trinajstić information content (AvgIpc) is 2.37. The van der Waals surface area contributed by atoms with Gasteiger partial charge in [-0.05, 0) is 24.8 Å². The fourth-order valence-corrected chi connectivity index (χ4v) is 2.27. The van der Waals surface area contributed by atoms with E-state index in [2.05, 4.69) is 0 Å². The Labute approximate surface area is 106 Å². The largest absolute Gasteiger partial charge is 0.459 e. The Morgan fingerprint density at radius 3 is 2.78 bits per heavy atom. The molecule has 0 bridgehead atoms. The lowest BCUT2D eigenvalue weighted by molar-refractivity contribution is -0.174. The van der Waals surface area contributed by atoms with Gasteiger partial charge in [0.1, 0.15) is 6.61 Å². The van der Waals surface area contributed by atoms with Gasteiger partial charge in [-0.3, -0.25) is 0 Å². The van der Waals surface area contributed by atoms with Crippen molar-refractivity contribution < 1.29 is 19.7 Å². The Bertz CT molecular complexity index is 404. The fourth-order valence-electron chi connectivity index (χ4n) is 2.27. The van der Waals surface area contributed by atoms with E-state index >= 15 is 0 Å². The standard InChI is InChI=1S/C14H18O4/c15-12-7-4-8-14(17,9-12)13(16)18-10-11-5-2-1-3-6-11/h1-3,5-6,12,15,17H,4,7-10H2/t12-,14+/m0/s1. The molecule has 98 valence electrons. The molecule has 0 heterocycles. The van der Waals surface area contributed by atoms with Gasteiger partial charge in [-0.1, -0.05) is 30.3 Å². The second kappa shape index (κ2) is 5.50. The molecule has 4 heteroatoms. The van der Waals surface area contributed by atoms with Gasteiger partial charge < -0.3 is 14.9 Å². The number of ether oxygens (including phenoxy) is 1. The maximum atomic E-state index is 11.9. The lowest BCUT2D eigenvalue weighted by atomic mass is 9.83. The van der Waals surface area contributed by atoms with E-state index in [1.165, 1.54) is 0 Å². The molecule has 0 saturated heterocycles. The molecule has 1 aliphatic rings. The molecule has 0 amide bonds. The monoisotopic (exact) mass is 250 g/mol. The highest BCUT2D eigenvalue weighted by Crippen LogP contribution is 2.29. The van der Waals surface area contributed by atoms with Gasteiger partial charge in [-0.25, -0.2) is 4.79 Å². The molecule has 0 unspecified atom stereocenters.